The van der Waals surface area contributed by atoms with E-state index in [0.29, 0.717) is 24.3 Å². The Balaban J connectivity index is 0.00000192. The van der Waals surface area contributed by atoms with E-state index >= 15 is 0 Å². The number of rotatable bonds is 4. The summed E-state index contributed by atoms with van der Waals surface area (Å²) in [7, 11) is 1.73. The quantitative estimate of drug-likeness (QED) is 0.384. The van der Waals surface area contributed by atoms with Crippen molar-refractivity contribution in [2.24, 2.45) is 4.99 Å². The highest BCUT2D eigenvalue weighted by Gasteiger charge is 2.41. The molecule has 0 aromatic heterocycles. The lowest BCUT2D eigenvalue weighted by Crippen LogP contribution is -2.47. The highest BCUT2D eigenvalue weighted by Crippen LogP contribution is 2.34. The van der Waals surface area contributed by atoms with Gasteiger partial charge in [0.25, 0.3) is 0 Å². The van der Waals surface area contributed by atoms with E-state index in [-0.39, 0.29) is 42.5 Å². The van der Waals surface area contributed by atoms with Gasteiger partial charge in [0, 0.05) is 19.2 Å². The Bertz CT molecular complexity index is 570. The molecule has 2 heterocycles. The number of fused-ring (bicyclic) bond motifs is 2. The maximum atomic E-state index is 13.4. The van der Waals surface area contributed by atoms with Crippen LogP contribution in [0.1, 0.15) is 30.4 Å². The lowest BCUT2D eigenvalue weighted by molar-refractivity contribution is 0.0992. The van der Waals surface area contributed by atoms with Crippen LogP contribution in [0.4, 0.5) is 4.39 Å². The van der Waals surface area contributed by atoms with Gasteiger partial charge in [-0.25, -0.2) is 4.39 Å². The Labute approximate surface area is 152 Å². The number of aliphatic imine (C=N–C) groups is 1. The summed E-state index contributed by atoms with van der Waals surface area (Å²) in [5.74, 6) is 0.337. The predicted octanol–water partition coefficient (Wildman–Crippen LogP) is 1.92. The third-order valence-electron chi connectivity index (χ3n) is 4.39. The second-order valence-electron chi connectivity index (χ2n) is 5.87. The number of aliphatic hydroxyl groups excluding tert-OH is 1. The number of hydrogen-bond acceptors (Lipinski definition) is 3. The highest BCUT2D eigenvalue weighted by atomic mass is 127. The van der Waals surface area contributed by atoms with Crippen LogP contribution in [-0.2, 0) is 17.9 Å². The SMILES string of the molecule is CN=C(NCc1ccc(F)c(CO)c1)NC1CC2CCC1O2.I. The minimum Gasteiger partial charge on any atom is -0.392 e. The Morgan fingerprint density at radius 2 is 2.26 bits per heavy atom. The molecule has 0 aliphatic carbocycles. The Hall–Kier alpha value is -0.930. The van der Waals surface area contributed by atoms with Crippen molar-refractivity contribution in [1.82, 2.24) is 10.6 Å². The molecule has 3 unspecified atom stereocenters. The number of halogens is 2. The molecule has 0 radical (unpaired) electrons. The molecule has 2 saturated heterocycles. The lowest BCUT2D eigenvalue weighted by atomic mass is 9.96. The van der Waals surface area contributed by atoms with Crippen LogP contribution in [0.25, 0.3) is 0 Å². The molecule has 0 saturated carbocycles. The van der Waals surface area contributed by atoms with Gasteiger partial charge in [0.05, 0.1) is 24.9 Å². The number of aliphatic hydroxyl groups is 1. The zero-order chi connectivity index (χ0) is 15.5. The van der Waals surface area contributed by atoms with Crippen molar-refractivity contribution in [2.75, 3.05) is 7.05 Å². The van der Waals surface area contributed by atoms with Crippen molar-refractivity contribution >= 4 is 29.9 Å². The van der Waals surface area contributed by atoms with Crippen molar-refractivity contribution in [3.05, 3.63) is 35.1 Å². The first-order valence-corrected chi connectivity index (χ1v) is 7.70. The first-order valence-electron chi connectivity index (χ1n) is 7.70. The number of nitrogens with zero attached hydrogens (tertiary/aromatic N) is 1. The molecule has 7 heteroatoms. The van der Waals surface area contributed by atoms with Gasteiger partial charge in [-0.15, -0.1) is 24.0 Å². The third-order valence-corrected chi connectivity index (χ3v) is 4.39. The van der Waals surface area contributed by atoms with Gasteiger partial charge < -0.3 is 20.5 Å². The number of guanidine groups is 1. The molecule has 1 aromatic rings. The van der Waals surface area contributed by atoms with Crippen molar-refractivity contribution in [1.29, 1.82) is 0 Å². The predicted molar refractivity (Wildman–Crippen MR) is 97.4 cm³/mol. The molecule has 3 rings (SSSR count). The molecule has 23 heavy (non-hydrogen) atoms. The summed E-state index contributed by atoms with van der Waals surface area (Å²) in [6.45, 7) is 0.226. The van der Waals surface area contributed by atoms with Crippen LogP contribution >= 0.6 is 24.0 Å². The molecule has 5 nitrogen and oxygen atoms in total. The molecule has 3 N–H and O–H groups in total. The maximum Gasteiger partial charge on any atom is 0.191 e. The summed E-state index contributed by atoms with van der Waals surface area (Å²) in [5, 5.41) is 15.7. The van der Waals surface area contributed by atoms with Crippen molar-refractivity contribution in [2.45, 2.75) is 50.7 Å². The third kappa shape index (κ3) is 4.33. The summed E-state index contributed by atoms with van der Waals surface area (Å²) in [6.07, 6.45) is 3.97. The van der Waals surface area contributed by atoms with Gasteiger partial charge >= 0.3 is 0 Å². The maximum absolute atomic E-state index is 13.4. The van der Waals surface area contributed by atoms with Gasteiger partial charge in [0.1, 0.15) is 5.82 Å². The summed E-state index contributed by atoms with van der Waals surface area (Å²) < 4.78 is 19.2. The summed E-state index contributed by atoms with van der Waals surface area (Å²) >= 11 is 0. The van der Waals surface area contributed by atoms with Crippen LogP contribution in [0.3, 0.4) is 0 Å². The molecule has 1 aromatic carbocycles. The van der Waals surface area contributed by atoms with Crippen LogP contribution < -0.4 is 10.6 Å². The van der Waals surface area contributed by atoms with Gasteiger partial charge in [0.2, 0.25) is 0 Å². The van der Waals surface area contributed by atoms with Gasteiger partial charge in [-0.2, -0.15) is 0 Å². The van der Waals surface area contributed by atoms with Gasteiger partial charge in [-0.3, -0.25) is 4.99 Å². The highest BCUT2D eigenvalue weighted by molar-refractivity contribution is 14.0. The van der Waals surface area contributed by atoms with E-state index in [1.54, 1.807) is 19.2 Å². The monoisotopic (exact) mass is 435 g/mol. The normalized spacial score (nSPS) is 26.0. The Morgan fingerprint density at radius 3 is 2.87 bits per heavy atom. The molecule has 2 aliphatic rings. The first-order chi connectivity index (χ1) is 10.7. The van der Waals surface area contributed by atoms with Gasteiger partial charge in [-0.1, -0.05) is 6.07 Å². The molecule has 0 spiro atoms. The summed E-state index contributed by atoms with van der Waals surface area (Å²) in [4.78, 5) is 4.23. The van der Waals surface area contributed by atoms with Gasteiger partial charge in [-0.05, 0) is 37.0 Å². The second-order valence-corrected chi connectivity index (χ2v) is 5.87. The minimum absolute atomic E-state index is 0. The first kappa shape index (κ1) is 18.4. The Kier molecular flexibility index (Phi) is 6.60. The molecule has 2 fully saturated rings. The molecule has 2 aliphatic heterocycles. The fourth-order valence-electron chi connectivity index (χ4n) is 3.20. The largest absolute Gasteiger partial charge is 0.392 e. The van der Waals surface area contributed by atoms with Crippen LogP contribution in [-0.4, -0.2) is 36.4 Å². The van der Waals surface area contributed by atoms with E-state index in [4.69, 9.17) is 9.84 Å². The van der Waals surface area contributed by atoms with Crippen LogP contribution in [0.5, 0.6) is 0 Å². The zero-order valence-corrected chi connectivity index (χ0v) is 15.4. The fourth-order valence-corrected chi connectivity index (χ4v) is 3.20. The average Bonchev–Trinajstić information content (AvgIpc) is 3.15. The van der Waals surface area contributed by atoms with Gasteiger partial charge in [0.15, 0.2) is 5.96 Å². The number of ether oxygens (including phenoxy) is 1. The Morgan fingerprint density at radius 1 is 1.43 bits per heavy atom. The summed E-state index contributed by atoms with van der Waals surface area (Å²) in [5.41, 5.74) is 1.21. The van der Waals surface area contributed by atoms with Crippen molar-refractivity contribution in [3.63, 3.8) is 0 Å². The molecule has 0 amide bonds. The van der Waals surface area contributed by atoms with E-state index in [1.807, 2.05) is 0 Å². The van der Waals surface area contributed by atoms with Crippen LogP contribution in [0, 0.1) is 5.82 Å². The van der Waals surface area contributed by atoms with Crippen molar-refractivity contribution in [3.8, 4) is 0 Å². The van der Waals surface area contributed by atoms with Crippen LogP contribution in [0.15, 0.2) is 23.2 Å². The van der Waals surface area contributed by atoms with E-state index in [9.17, 15) is 4.39 Å². The minimum atomic E-state index is -0.382. The van der Waals surface area contributed by atoms with E-state index < -0.39 is 0 Å². The standard InChI is InChI=1S/C16H22FN3O2.HI/c1-18-16(20-14-7-12-3-5-15(14)22-12)19-8-10-2-4-13(17)11(6-10)9-21;/h2,4,6,12,14-15,21H,3,5,7-9H2,1H3,(H2,18,19,20);1H. The number of hydrogen-bond donors (Lipinski definition) is 3. The average molecular weight is 435 g/mol. The van der Waals surface area contributed by atoms with Crippen LogP contribution in [0.2, 0.25) is 0 Å². The topological polar surface area (TPSA) is 65.9 Å². The molecular weight excluding hydrogens is 412 g/mol. The fraction of sp³-hybridized carbons (Fsp3) is 0.562. The van der Waals surface area contributed by atoms with Crippen molar-refractivity contribution < 1.29 is 14.2 Å². The molecule has 2 bridgehead atoms. The number of nitrogens with one attached hydrogen (secondary N) is 2. The van der Waals surface area contributed by atoms with E-state index in [2.05, 4.69) is 15.6 Å². The second kappa shape index (κ2) is 8.25. The van der Waals surface area contributed by atoms with E-state index in [1.165, 1.54) is 6.07 Å². The zero-order valence-electron chi connectivity index (χ0n) is 13.1. The lowest BCUT2D eigenvalue weighted by Gasteiger charge is -2.22. The number of benzene rings is 1. The molecular formula is C16H23FIN3O2. The molecule has 3 atom stereocenters. The summed E-state index contributed by atoms with van der Waals surface area (Å²) in [6, 6.07) is 5.06. The van der Waals surface area contributed by atoms with E-state index in [0.717, 1.165) is 30.8 Å². The smallest absolute Gasteiger partial charge is 0.191 e. The molecule has 128 valence electrons.